The van der Waals surface area contributed by atoms with E-state index in [-0.39, 0.29) is 24.0 Å². The fraction of sp³-hybridized carbons (Fsp3) is 0.500. The number of nitrogens with zero attached hydrogens (tertiary/aromatic N) is 1. The van der Waals surface area contributed by atoms with Crippen molar-refractivity contribution in [3.05, 3.63) is 48.0 Å². The summed E-state index contributed by atoms with van der Waals surface area (Å²) in [5, 5.41) is 7.97. The standard InChI is InChI=1S/C26H36N3O6PS/c1-26(2,3)28-24(31)21(15-18-11-12-19-8-4-5-9-20(19)14-18)27-25(32)22-10-6-7-13-29(22)23(30)16-37-17-36(33,34)35/h4-5,8-9,11-12,14,21-22H,6-7,10,13,15-17H2,1-3H3,(H,27,32)(H,28,31)(H2,33,34,35)/t21-,22-/m0/s1. The highest BCUT2D eigenvalue weighted by molar-refractivity contribution is 8.04. The van der Waals surface area contributed by atoms with Gasteiger partial charge in [-0.15, -0.1) is 11.8 Å². The summed E-state index contributed by atoms with van der Waals surface area (Å²) in [5.74, 6) is -1.17. The van der Waals surface area contributed by atoms with Gasteiger partial charge in [0, 0.05) is 18.5 Å². The fourth-order valence-electron chi connectivity index (χ4n) is 4.37. The van der Waals surface area contributed by atoms with Gasteiger partial charge in [-0.05, 0) is 56.4 Å². The summed E-state index contributed by atoms with van der Waals surface area (Å²) in [5.41, 5.74) is -0.0464. The van der Waals surface area contributed by atoms with E-state index in [1.807, 2.05) is 63.2 Å². The molecule has 3 amide bonds. The highest BCUT2D eigenvalue weighted by Crippen LogP contribution is 2.38. The number of likely N-dealkylation sites (tertiary alicyclic amines) is 1. The molecule has 202 valence electrons. The Bertz CT molecular complexity index is 1180. The molecule has 1 fully saturated rings. The molecule has 1 aliphatic rings. The summed E-state index contributed by atoms with van der Waals surface area (Å²) in [4.78, 5) is 59.0. The van der Waals surface area contributed by atoms with E-state index in [2.05, 4.69) is 10.6 Å². The number of rotatable bonds is 9. The van der Waals surface area contributed by atoms with Crippen LogP contribution in [-0.4, -0.2) is 67.8 Å². The Morgan fingerprint density at radius 3 is 2.49 bits per heavy atom. The molecule has 1 heterocycles. The Balaban J connectivity index is 1.76. The monoisotopic (exact) mass is 549 g/mol. The number of carbonyl (C=O) groups excluding carboxylic acids is 3. The molecule has 2 aromatic rings. The van der Waals surface area contributed by atoms with Crippen LogP contribution >= 0.6 is 19.4 Å². The zero-order valence-electron chi connectivity index (χ0n) is 21.5. The van der Waals surface area contributed by atoms with Gasteiger partial charge in [-0.25, -0.2) is 0 Å². The summed E-state index contributed by atoms with van der Waals surface area (Å²) < 4.78 is 11.1. The molecule has 0 aromatic heterocycles. The van der Waals surface area contributed by atoms with E-state index in [1.165, 1.54) is 4.90 Å². The van der Waals surface area contributed by atoms with Crippen LogP contribution in [0, 0.1) is 0 Å². The summed E-state index contributed by atoms with van der Waals surface area (Å²) in [7, 11) is -4.22. The number of piperidine rings is 1. The second-order valence-corrected chi connectivity index (χ2v) is 13.5. The largest absolute Gasteiger partial charge is 0.350 e. The molecule has 1 aliphatic heterocycles. The third-order valence-electron chi connectivity index (χ3n) is 6.00. The lowest BCUT2D eigenvalue weighted by molar-refractivity contribution is -0.141. The van der Waals surface area contributed by atoms with Crippen LogP contribution in [0.15, 0.2) is 42.5 Å². The van der Waals surface area contributed by atoms with E-state index in [1.54, 1.807) is 0 Å². The van der Waals surface area contributed by atoms with Gasteiger partial charge in [-0.2, -0.15) is 0 Å². The molecule has 0 saturated carbocycles. The maximum Gasteiger partial charge on any atom is 0.335 e. The van der Waals surface area contributed by atoms with Gasteiger partial charge in [0.1, 0.15) is 12.1 Å². The first-order valence-electron chi connectivity index (χ1n) is 12.3. The number of benzene rings is 2. The van der Waals surface area contributed by atoms with Gasteiger partial charge in [0.2, 0.25) is 17.7 Å². The Morgan fingerprint density at radius 1 is 1.11 bits per heavy atom. The van der Waals surface area contributed by atoms with Crippen molar-refractivity contribution in [1.82, 2.24) is 15.5 Å². The molecule has 0 bridgehead atoms. The van der Waals surface area contributed by atoms with Crippen LogP contribution in [0.5, 0.6) is 0 Å². The number of thioether (sulfide) groups is 1. The maximum atomic E-state index is 13.4. The van der Waals surface area contributed by atoms with Gasteiger partial charge >= 0.3 is 7.60 Å². The molecule has 9 nitrogen and oxygen atoms in total. The number of hydrogen-bond acceptors (Lipinski definition) is 5. The van der Waals surface area contributed by atoms with E-state index >= 15 is 0 Å². The molecule has 0 spiro atoms. The molecule has 0 radical (unpaired) electrons. The Morgan fingerprint density at radius 2 is 1.81 bits per heavy atom. The minimum Gasteiger partial charge on any atom is -0.350 e. The first kappa shape index (κ1) is 29.2. The van der Waals surface area contributed by atoms with Gasteiger partial charge in [-0.3, -0.25) is 18.9 Å². The van der Waals surface area contributed by atoms with Crippen molar-refractivity contribution < 1.29 is 28.7 Å². The van der Waals surface area contributed by atoms with E-state index < -0.39 is 36.6 Å². The molecule has 4 N–H and O–H groups in total. The third kappa shape index (κ3) is 9.14. The van der Waals surface area contributed by atoms with Crippen molar-refractivity contribution in [3.8, 4) is 0 Å². The second kappa shape index (κ2) is 12.4. The van der Waals surface area contributed by atoms with E-state index in [4.69, 9.17) is 9.79 Å². The van der Waals surface area contributed by atoms with Crippen LogP contribution in [0.3, 0.4) is 0 Å². The van der Waals surface area contributed by atoms with Gasteiger partial charge in [0.15, 0.2) is 0 Å². The predicted molar refractivity (Wildman–Crippen MR) is 146 cm³/mol. The summed E-state index contributed by atoms with van der Waals surface area (Å²) in [6.07, 6.45) is 2.26. The minimum absolute atomic E-state index is 0.125. The molecule has 11 heteroatoms. The number of fused-ring (bicyclic) bond motifs is 1. The van der Waals surface area contributed by atoms with Crippen molar-refractivity contribution in [1.29, 1.82) is 0 Å². The SMILES string of the molecule is CC(C)(C)NC(=O)[C@H](Cc1ccc2ccccc2c1)NC(=O)[C@@H]1CCCCN1C(=O)CSCP(=O)(O)O. The van der Waals surface area contributed by atoms with Crippen molar-refractivity contribution in [2.45, 2.75) is 64.1 Å². The van der Waals surface area contributed by atoms with Crippen molar-refractivity contribution in [2.24, 2.45) is 0 Å². The Labute approximate surface area is 221 Å². The Hall–Kier alpha value is -2.39. The summed E-state index contributed by atoms with van der Waals surface area (Å²) in [6.45, 7) is 6.00. The normalized spacial score (nSPS) is 17.3. The molecule has 37 heavy (non-hydrogen) atoms. The van der Waals surface area contributed by atoms with Crippen LogP contribution in [0.4, 0.5) is 0 Å². The highest BCUT2D eigenvalue weighted by atomic mass is 32.2. The van der Waals surface area contributed by atoms with Gasteiger partial charge < -0.3 is 25.3 Å². The van der Waals surface area contributed by atoms with Gasteiger partial charge in [0.05, 0.1) is 11.2 Å². The van der Waals surface area contributed by atoms with Crippen LogP contribution in [0.2, 0.25) is 0 Å². The van der Waals surface area contributed by atoms with Crippen molar-refractivity contribution >= 4 is 47.9 Å². The second-order valence-electron chi connectivity index (χ2n) is 10.4. The number of amides is 3. The van der Waals surface area contributed by atoms with Crippen LogP contribution < -0.4 is 10.6 Å². The Kier molecular flexibility index (Phi) is 9.80. The molecular formula is C26H36N3O6PS. The first-order valence-corrected chi connectivity index (χ1v) is 15.3. The average Bonchev–Trinajstić information content (AvgIpc) is 2.81. The lowest BCUT2D eigenvalue weighted by Crippen LogP contribution is -2.58. The number of nitrogens with one attached hydrogen (secondary N) is 2. The molecular weight excluding hydrogens is 513 g/mol. The summed E-state index contributed by atoms with van der Waals surface area (Å²) in [6, 6.07) is 12.3. The van der Waals surface area contributed by atoms with E-state index in [0.717, 1.165) is 40.9 Å². The number of hydrogen-bond donors (Lipinski definition) is 4. The predicted octanol–water partition coefficient (Wildman–Crippen LogP) is 3.03. The van der Waals surface area contributed by atoms with Gasteiger partial charge in [-0.1, -0.05) is 42.5 Å². The van der Waals surface area contributed by atoms with Crippen LogP contribution in [0.25, 0.3) is 10.8 Å². The molecule has 3 rings (SSSR count). The topological polar surface area (TPSA) is 136 Å². The molecule has 0 unspecified atom stereocenters. The minimum atomic E-state index is -4.22. The average molecular weight is 550 g/mol. The zero-order chi connectivity index (χ0) is 27.2. The maximum absolute atomic E-state index is 13.4. The van der Waals surface area contributed by atoms with Crippen LogP contribution in [-0.2, 0) is 25.4 Å². The smallest absolute Gasteiger partial charge is 0.335 e. The van der Waals surface area contributed by atoms with Crippen molar-refractivity contribution in [3.63, 3.8) is 0 Å². The lowest BCUT2D eigenvalue weighted by atomic mass is 9.98. The first-order chi connectivity index (χ1) is 17.3. The molecule has 2 aromatic carbocycles. The molecule has 0 aliphatic carbocycles. The fourth-order valence-corrected chi connectivity index (χ4v) is 6.03. The molecule has 2 atom stereocenters. The zero-order valence-corrected chi connectivity index (χ0v) is 23.2. The van der Waals surface area contributed by atoms with Crippen molar-refractivity contribution in [2.75, 3.05) is 17.8 Å². The summed E-state index contributed by atoms with van der Waals surface area (Å²) >= 11 is 0.853. The molecule has 1 saturated heterocycles. The van der Waals surface area contributed by atoms with Gasteiger partial charge in [0.25, 0.3) is 0 Å². The quantitative estimate of drug-likeness (QED) is 0.353. The third-order valence-corrected chi connectivity index (χ3v) is 8.52. The number of carbonyl (C=O) groups is 3. The lowest BCUT2D eigenvalue weighted by Gasteiger charge is -2.36. The van der Waals surface area contributed by atoms with E-state index in [0.29, 0.717) is 13.0 Å². The van der Waals surface area contributed by atoms with E-state index in [9.17, 15) is 18.9 Å². The van der Waals surface area contributed by atoms with Crippen LogP contribution in [0.1, 0.15) is 45.6 Å². The highest BCUT2D eigenvalue weighted by Gasteiger charge is 2.35.